The summed E-state index contributed by atoms with van der Waals surface area (Å²) in [6.45, 7) is 5.49. The molecule has 1 aromatic rings. The molecule has 106 valence electrons. The minimum Gasteiger partial charge on any atom is -0.349 e. The Morgan fingerprint density at radius 1 is 1.35 bits per heavy atom. The van der Waals surface area contributed by atoms with E-state index in [9.17, 15) is 9.59 Å². The summed E-state index contributed by atoms with van der Waals surface area (Å²) in [4.78, 5) is 30.0. The molecule has 20 heavy (non-hydrogen) atoms. The molecule has 1 aliphatic heterocycles. The maximum Gasteiger partial charge on any atom is 0.272 e. The Morgan fingerprint density at radius 2 is 2.10 bits per heavy atom. The van der Waals surface area contributed by atoms with Crippen LogP contribution < -0.4 is 5.32 Å². The lowest BCUT2D eigenvalue weighted by Gasteiger charge is -2.26. The molecule has 1 aliphatic rings. The lowest BCUT2D eigenvalue weighted by atomic mass is 10.1. The second kappa shape index (κ2) is 6.84. The molecule has 0 bridgehead atoms. The first-order chi connectivity index (χ1) is 9.72. The first-order valence-electron chi connectivity index (χ1n) is 6.87. The van der Waals surface area contributed by atoms with Gasteiger partial charge in [-0.15, -0.1) is 6.58 Å². The van der Waals surface area contributed by atoms with Crippen molar-refractivity contribution >= 4 is 11.8 Å². The number of nitrogens with zero attached hydrogens (tertiary/aromatic N) is 2. The van der Waals surface area contributed by atoms with E-state index in [0.29, 0.717) is 17.8 Å². The number of carbonyl (C=O) groups excluding carboxylic acids is 2. The minimum absolute atomic E-state index is 0.0944. The number of hydrogen-bond acceptors (Lipinski definition) is 3. The van der Waals surface area contributed by atoms with Crippen molar-refractivity contribution in [2.24, 2.45) is 0 Å². The van der Waals surface area contributed by atoms with Crippen molar-refractivity contribution < 1.29 is 9.59 Å². The predicted molar refractivity (Wildman–Crippen MR) is 76.5 cm³/mol. The van der Waals surface area contributed by atoms with Gasteiger partial charge in [0.1, 0.15) is 5.69 Å². The van der Waals surface area contributed by atoms with Crippen LogP contribution in [0.25, 0.3) is 0 Å². The molecule has 0 saturated carbocycles. The molecule has 0 aromatic carbocycles. The largest absolute Gasteiger partial charge is 0.349 e. The summed E-state index contributed by atoms with van der Waals surface area (Å²) in [7, 11) is 0. The molecule has 0 radical (unpaired) electrons. The van der Waals surface area contributed by atoms with Crippen LogP contribution in [0, 0.1) is 0 Å². The molecule has 1 N–H and O–H groups in total. The smallest absolute Gasteiger partial charge is 0.272 e. The van der Waals surface area contributed by atoms with Gasteiger partial charge in [0.25, 0.3) is 11.8 Å². The van der Waals surface area contributed by atoms with E-state index in [1.807, 2.05) is 0 Å². The van der Waals surface area contributed by atoms with Crippen molar-refractivity contribution in [3.8, 4) is 0 Å². The molecule has 2 rings (SSSR count). The van der Waals surface area contributed by atoms with Gasteiger partial charge in [0, 0.05) is 31.4 Å². The maximum atomic E-state index is 12.3. The third-order valence-electron chi connectivity index (χ3n) is 3.29. The van der Waals surface area contributed by atoms with E-state index in [0.717, 1.165) is 25.9 Å². The van der Waals surface area contributed by atoms with Gasteiger partial charge in [0.2, 0.25) is 0 Å². The fourth-order valence-corrected chi connectivity index (χ4v) is 2.21. The topological polar surface area (TPSA) is 62.3 Å². The fourth-order valence-electron chi connectivity index (χ4n) is 2.21. The molecule has 2 amide bonds. The molecule has 1 aromatic heterocycles. The van der Waals surface area contributed by atoms with E-state index < -0.39 is 0 Å². The van der Waals surface area contributed by atoms with Crippen LogP contribution in [0.5, 0.6) is 0 Å². The van der Waals surface area contributed by atoms with Crippen molar-refractivity contribution in [1.82, 2.24) is 15.2 Å². The van der Waals surface area contributed by atoms with Crippen LogP contribution in [0.1, 0.15) is 40.1 Å². The molecule has 1 fully saturated rings. The van der Waals surface area contributed by atoms with Gasteiger partial charge in [-0.1, -0.05) is 6.08 Å². The van der Waals surface area contributed by atoms with Crippen LogP contribution in [-0.2, 0) is 0 Å². The summed E-state index contributed by atoms with van der Waals surface area (Å²) in [6.07, 6.45) is 6.34. The zero-order valence-corrected chi connectivity index (χ0v) is 11.5. The quantitative estimate of drug-likeness (QED) is 0.848. The molecule has 1 saturated heterocycles. The van der Waals surface area contributed by atoms with E-state index in [2.05, 4.69) is 16.9 Å². The highest BCUT2D eigenvalue weighted by Gasteiger charge is 2.20. The Morgan fingerprint density at radius 3 is 2.80 bits per heavy atom. The van der Waals surface area contributed by atoms with Gasteiger partial charge in [-0.3, -0.25) is 14.6 Å². The number of pyridine rings is 1. The Hall–Kier alpha value is -2.17. The summed E-state index contributed by atoms with van der Waals surface area (Å²) in [5.74, 6) is -0.317. The lowest BCUT2D eigenvalue weighted by Crippen LogP contribution is -2.36. The number of amides is 2. The van der Waals surface area contributed by atoms with Gasteiger partial charge in [-0.25, -0.2) is 0 Å². The third-order valence-corrected chi connectivity index (χ3v) is 3.29. The monoisotopic (exact) mass is 273 g/mol. The Labute approximate surface area is 118 Å². The van der Waals surface area contributed by atoms with Crippen LogP contribution in [0.15, 0.2) is 31.0 Å². The van der Waals surface area contributed by atoms with E-state index in [-0.39, 0.29) is 11.8 Å². The van der Waals surface area contributed by atoms with Crippen LogP contribution in [0.3, 0.4) is 0 Å². The average molecular weight is 273 g/mol. The number of aromatic nitrogens is 1. The Balaban J connectivity index is 2.10. The number of carbonyl (C=O) groups is 2. The fraction of sp³-hybridized carbons (Fsp3) is 0.400. The normalized spacial score (nSPS) is 14.7. The van der Waals surface area contributed by atoms with Gasteiger partial charge >= 0.3 is 0 Å². The lowest BCUT2D eigenvalue weighted by molar-refractivity contribution is 0.0718. The van der Waals surface area contributed by atoms with Crippen molar-refractivity contribution in [3.05, 3.63) is 42.2 Å². The van der Waals surface area contributed by atoms with E-state index >= 15 is 0 Å². The summed E-state index contributed by atoms with van der Waals surface area (Å²) in [6, 6.07) is 3.15. The van der Waals surface area contributed by atoms with E-state index in [1.54, 1.807) is 23.1 Å². The zero-order chi connectivity index (χ0) is 14.4. The van der Waals surface area contributed by atoms with Crippen molar-refractivity contribution in [3.63, 3.8) is 0 Å². The second-order valence-corrected chi connectivity index (χ2v) is 4.78. The number of hydrogen-bond donors (Lipinski definition) is 1. The summed E-state index contributed by atoms with van der Waals surface area (Å²) >= 11 is 0. The van der Waals surface area contributed by atoms with E-state index in [1.165, 1.54) is 12.6 Å². The predicted octanol–water partition coefficient (Wildman–Crippen LogP) is 1.62. The van der Waals surface area contributed by atoms with Gasteiger partial charge in [-0.05, 0) is 31.4 Å². The van der Waals surface area contributed by atoms with Crippen molar-refractivity contribution in [1.29, 1.82) is 0 Å². The maximum absolute atomic E-state index is 12.3. The molecular formula is C15H19N3O2. The molecule has 5 nitrogen and oxygen atoms in total. The molecule has 2 heterocycles. The second-order valence-electron chi connectivity index (χ2n) is 4.78. The van der Waals surface area contributed by atoms with Gasteiger partial charge in [0.05, 0.1) is 0 Å². The first kappa shape index (κ1) is 14.2. The number of nitrogens with one attached hydrogen (secondary N) is 1. The van der Waals surface area contributed by atoms with Crippen molar-refractivity contribution in [2.75, 3.05) is 19.6 Å². The van der Waals surface area contributed by atoms with Crippen molar-refractivity contribution in [2.45, 2.75) is 19.3 Å². The highest BCUT2D eigenvalue weighted by molar-refractivity contribution is 5.98. The SMILES string of the molecule is C=CCNC(=O)c1ccnc(C(=O)N2CCCCC2)c1. The van der Waals surface area contributed by atoms with Gasteiger partial charge in [0.15, 0.2) is 0 Å². The average Bonchev–Trinajstić information content (AvgIpc) is 2.52. The number of likely N-dealkylation sites (tertiary alicyclic amines) is 1. The van der Waals surface area contributed by atoms with E-state index in [4.69, 9.17) is 0 Å². The summed E-state index contributed by atoms with van der Waals surface area (Å²) in [5.41, 5.74) is 0.778. The number of piperidine rings is 1. The molecular weight excluding hydrogens is 254 g/mol. The zero-order valence-electron chi connectivity index (χ0n) is 11.5. The molecule has 0 spiro atoms. The molecule has 0 unspecified atom stereocenters. The summed E-state index contributed by atoms with van der Waals surface area (Å²) < 4.78 is 0. The molecule has 5 heteroatoms. The molecule has 0 aliphatic carbocycles. The van der Waals surface area contributed by atoms with Gasteiger partial charge in [-0.2, -0.15) is 0 Å². The highest BCUT2D eigenvalue weighted by Crippen LogP contribution is 2.12. The van der Waals surface area contributed by atoms with Crippen LogP contribution in [-0.4, -0.2) is 41.3 Å². The first-order valence-corrected chi connectivity index (χ1v) is 6.87. The van der Waals surface area contributed by atoms with Crippen LogP contribution >= 0.6 is 0 Å². The van der Waals surface area contributed by atoms with Crippen LogP contribution in [0.4, 0.5) is 0 Å². The molecule has 0 atom stereocenters. The van der Waals surface area contributed by atoms with Crippen LogP contribution in [0.2, 0.25) is 0 Å². The Kier molecular flexibility index (Phi) is 4.87. The minimum atomic E-state index is -0.222. The summed E-state index contributed by atoms with van der Waals surface area (Å²) in [5, 5.41) is 2.68. The van der Waals surface area contributed by atoms with Gasteiger partial charge < -0.3 is 10.2 Å². The number of rotatable bonds is 4. The highest BCUT2D eigenvalue weighted by atomic mass is 16.2. The third kappa shape index (κ3) is 3.44. The Bertz CT molecular complexity index is 508. The standard InChI is InChI=1S/C15H19N3O2/c1-2-7-17-14(19)12-6-8-16-13(11-12)15(20)18-9-4-3-5-10-18/h2,6,8,11H,1,3-5,7,9-10H2,(H,17,19).